The van der Waals surface area contributed by atoms with Crippen LogP contribution in [0.2, 0.25) is 0 Å². The molecule has 0 bridgehead atoms. The molecule has 150 valence electrons. The number of amides is 1. The molecule has 1 amide bonds. The van der Waals surface area contributed by atoms with E-state index in [4.69, 9.17) is 4.84 Å². The maximum absolute atomic E-state index is 12.1. The van der Waals surface area contributed by atoms with Crippen LogP contribution in [0.1, 0.15) is 6.42 Å². The van der Waals surface area contributed by atoms with Crippen molar-refractivity contribution in [3.63, 3.8) is 0 Å². The number of benzene rings is 2. The molecule has 0 aromatic heterocycles. The molecule has 11 heteroatoms. The van der Waals surface area contributed by atoms with Gasteiger partial charge in [-0.25, -0.2) is 8.42 Å². The van der Waals surface area contributed by atoms with Crippen molar-refractivity contribution in [2.45, 2.75) is 11.3 Å². The largest absolute Gasteiger partial charge is 0.379 e. The highest BCUT2D eigenvalue weighted by atomic mass is 32.2. The van der Waals surface area contributed by atoms with Crippen molar-refractivity contribution in [2.24, 2.45) is 0 Å². The van der Waals surface area contributed by atoms with E-state index < -0.39 is 14.9 Å². The zero-order valence-electron chi connectivity index (χ0n) is 15.3. The van der Waals surface area contributed by atoms with Gasteiger partial charge < -0.3 is 10.6 Å². The van der Waals surface area contributed by atoms with Gasteiger partial charge in [0, 0.05) is 31.8 Å². The minimum atomic E-state index is -3.76. The third kappa shape index (κ3) is 5.25. The normalized spacial score (nSPS) is 11.2. The van der Waals surface area contributed by atoms with Gasteiger partial charge in [-0.05, 0) is 30.3 Å². The fourth-order valence-electron chi connectivity index (χ4n) is 2.27. The molecule has 0 aliphatic rings. The van der Waals surface area contributed by atoms with E-state index >= 15 is 0 Å². The minimum absolute atomic E-state index is 0.0212. The van der Waals surface area contributed by atoms with Crippen molar-refractivity contribution in [3.8, 4) is 0 Å². The molecule has 0 unspecified atom stereocenters. The smallest absolute Gasteiger partial charge is 0.292 e. The number of carbonyl (C=O) groups is 1. The lowest BCUT2D eigenvalue weighted by Gasteiger charge is -2.14. The molecule has 2 aromatic carbocycles. The number of carbonyl (C=O) groups excluding carboxylic acids is 1. The lowest BCUT2D eigenvalue weighted by Crippen LogP contribution is -2.25. The molecule has 0 atom stereocenters. The Bertz CT molecular complexity index is 946. The third-order valence-corrected chi connectivity index (χ3v) is 5.49. The van der Waals surface area contributed by atoms with Crippen LogP contribution in [-0.2, 0) is 19.7 Å². The average molecular weight is 408 g/mol. The van der Waals surface area contributed by atoms with Gasteiger partial charge in [0.1, 0.15) is 5.69 Å². The van der Waals surface area contributed by atoms with Crippen LogP contribution in [0.25, 0.3) is 0 Å². The van der Waals surface area contributed by atoms with E-state index in [1.807, 2.05) is 0 Å². The van der Waals surface area contributed by atoms with Crippen molar-refractivity contribution in [3.05, 3.63) is 58.6 Å². The SMILES string of the molecule is CON(C)S(=O)(=O)c1ccc(NC(=O)CCNc2ccccc2[N+](=O)[O-])cc1. The molecule has 0 fully saturated rings. The first-order chi connectivity index (χ1) is 13.3. The van der Waals surface area contributed by atoms with E-state index in [2.05, 4.69) is 10.6 Å². The Kier molecular flexibility index (Phi) is 7.04. The monoisotopic (exact) mass is 408 g/mol. The molecule has 2 rings (SSSR count). The van der Waals surface area contributed by atoms with Crippen LogP contribution in [0, 0.1) is 10.1 Å². The van der Waals surface area contributed by atoms with Gasteiger partial charge in [-0.2, -0.15) is 0 Å². The second-order valence-corrected chi connectivity index (χ2v) is 7.56. The number of nitrogens with zero attached hydrogens (tertiary/aromatic N) is 2. The van der Waals surface area contributed by atoms with Crippen molar-refractivity contribution in [2.75, 3.05) is 31.3 Å². The Morgan fingerprint density at radius 2 is 1.82 bits per heavy atom. The molecule has 2 N–H and O–H groups in total. The number of nitro groups is 1. The van der Waals surface area contributed by atoms with Crippen molar-refractivity contribution in [1.82, 2.24) is 4.47 Å². The summed E-state index contributed by atoms with van der Waals surface area (Å²) in [4.78, 5) is 27.2. The van der Waals surface area contributed by atoms with E-state index in [9.17, 15) is 23.3 Å². The lowest BCUT2D eigenvalue weighted by molar-refractivity contribution is -0.384. The summed E-state index contributed by atoms with van der Waals surface area (Å²) in [5.74, 6) is -0.323. The Morgan fingerprint density at radius 1 is 1.18 bits per heavy atom. The number of rotatable bonds is 9. The topological polar surface area (TPSA) is 131 Å². The van der Waals surface area contributed by atoms with Crippen molar-refractivity contribution in [1.29, 1.82) is 0 Å². The molecule has 0 radical (unpaired) electrons. The van der Waals surface area contributed by atoms with Crippen LogP contribution in [0.3, 0.4) is 0 Å². The van der Waals surface area contributed by atoms with Gasteiger partial charge in [-0.3, -0.25) is 19.7 Å². The number of anilines is 2. The number of para-hydroxylation sites is 2. The fourth-order valence-corrected chi connectivity index (χ4v) is 3.25. The van der Waals surface area contributed by atoms with Gasteiger partial charge in [0.2, 0.25) is 5.91 Å². The zero-order chi connectivity index (χ0) is 20.7. The summed E-state index contributed by atoms with van der Waals surface area (Å²) in [6, 6.07) is 11.8. The number of nitro benzene ring substituents is 1. The number of hydrogen-bond acceptors (Lipinski definition) is 7. The quantitative estimate of drug-likeness (QED) is 0.480. The molecule has 0 aliphatic carbocycles. The Labute approximate surface area is 162 Å². The minimum Gasteiger partial charge on any atom is -0.379 e. The van der Waals surface area contributed by atoms with Crippen LogP contribution in [0.4, 0.5) is 17.1 Å². The van der Waals surface area contributed by atoms with Gasteiger partial charge in [0.05, 0.1) is 16.9 Å². The zero-order valence-corrected chi connectivity index (χ0v) is 16.1. The first-order valence-corrected chi connectivity index (χ1v) is 9.60. The highest BCUT2D eigenvalue weighted by molar-refractivity contribution is 7.89. The van der Waals surface area contributed by atoms with Crippen LogP contribution in [0.15, 0.2) is 53.4 Å². The van der Waals surface area contributed by atoms with Crippen LogP contribution in [0.5, 0.6) is 0 Å². The maximum Gasteiger partial charge on any atom is 0.292 e. The predicted octanol–water partition coefficient (Wildman–Crippen LogP) is 2.22. The number of sulfonamides is 1. The summed E-state index contributed by atoms with van der Waals surface area (Å²) < 4.78 is 24.9. The summed E-state index contributed by atoms with van der Waals surface area (Å²) in [5, 5.41) is 16.4. The molecule has 0 heterocycles. The second-order valence-electron chi connectivity index (χ2n) is 5.62. The highest BCUT2D eigenvalue weighted by Crippen LogP contribution is 2.23. The van der Waals surface area contributed by atoms with Gasteiger partial charge in [-0.15, -0.1) is 0 Å². The van der Waals surface area contributed by atoms with Gasteiger partial charge in [-0.1, -0.05) is 16.6 Å². The summed E-state index contributed by atoms with van der Waals surface area (Å²) >= 11 is 0. The van der Waals surface area contributed by atoms with E-state index in [0.29, 0.717) is 11.4 Å². The standard InChI is InChI=1S/C17H20N4O6S/c1-20(27-2)28(25,26)14-9-7-13(8-10-14)19-17(22)11-12-18-15-5-3-4-6-16(15)21(23)24/h3-10,18H,11-12H2,1-2H3,(H,19,22). The molecule has 2 aromatic rings. The fraction of sp³-hybridized carbons (Fsp3) is 0.235. The molecular formula is C17H20N4O6S. The summed E-state index contributed by atoms with van der Waals surface area (Å²) in [7, 11) is -1.24. The molecule has 28 heavy (non-hydrogen) atoms. The van der Waals surface area contributed by atoms with Gasteiger partial charge in [0.15, 0.2) is 0 Å². The second kappa shape index (κ2) is 9.26. The first-order valence-electron chi connectivity index (χ1n) is 8.16. The number of hydroxylamine groups is 1. The molecular weight excluding hydrogens is 388 g/mol. The Morgan fingerprint density at radius 3 is 2.43 bits per heavy atom. The first kappa shape index (κ1) is 21.3. The summed E-state index contributed by atoms with van der Waals surface area (Å²) in [6.07, 6.45) is 0.0680. The van der Waals surface area contributed by atoms with Crippen molar-refractivity contribution >= 4 is 33.0 Å². The lowest BCUT2D eigenvalue weighted by atomic mass is 10.2. The number of hydrogen-bond donors (Lipinski definition) is 2. The predicted molar refractivity (Wildman–Crippen MR) is 103 cm³/mol. The third-order valence-electron chi connectivity index (χ3n) is 3.80. The Hall–Kier alpha value is -3.02. The molecule has 0 saturated carbocycles. The van der Waals surface area contributed by atoms with Crippen LogP contribution >= 0.6 is 0 Å². The van der Waals surface area contributed by atoms with E-state index in [0.717, 1.165) is 4.47 Å². The van der Waals surface area contributed by atoms with Crippen LogP contribution < -0.4 is 10.6 Å². The van der Waals surface area contributed by atoms with Gasteiger partial charge >= 0.3 is 0 Å². The molecule has 0 saturated heterocycles. The maximum atomic E-state index is 12.1. The van der Waals surface area contributed by atoms with E-state index in [1.165, 1.54) is 44.5 Å². The van der Waals surface area contributed by atoms with Crippen molar-refractivity contribution < 1.29 is 23.0 Å². The van der Waals surface area contributed by atoms with Crippen LogP contribution in [-0.4, -0.2) is 44.4 Å². The highest BCUT2D eigenvalue weighted by Gasteiger charge is 2.20. The van der Waals surface area contributed by atoms with E-state index in [-0.39, 0.29) is 29.5 Å². The Balaban J connectivity index is 1.91. The number of nitrogens with one attached hydrogen (secondary N) is 2. The van der Waals surface area contributed by atoms with Gasteiger partial charge in [0.25, 0.3) is 15.7 Å². The summed E-state index contributed by atoms with van der Waals surface area (Å²) in [6.45, 7) is 0.196. The average Bonchev–Trinajstić information content (AvgIpc) is 2.68. The van der Waals surface area contributed by atoms with E-state index in [1.54, 1.807) is 18.2 Å². The summed E-state index contributed by atoms with van der Waals surface area (Å²) in [5.41, 5.74) is 0.688. The molecule has 0 aliphatic heterocycles. The molecule has 10 nitrogen and oxygen atoms in total. The molecule has 0 spiro atoms.